The molecule has 0 aromatic carbocycles. The van der Waals surface area contributed by atoms with Crippen LogP contribution in [0.3, 0.4) is 0 Å². The van der Waals surface area contributed by atoms with Crippen molar-refractivity contribution in [2.24, 2.45) is 5.92 Å². The van der Waals surface area contributed by atoms with Gasteiger partial charge < -0.3 is 14.8 Å². The Kier molecular flexibility index (Phi) is 2.41. The third kappa shape index (κ3) is 1.92. The highest BCUT2D eigenvalue weighted by atomic mass is 16.6. The minimum absolute atomic E-state index is 0.399. The first-order chi connectivity index (χ1) is 5.45. The molecule has 2 fully saturated rings. The number of ether oxygens (including phenoxy) is 2. The van der Waals surface area contributed by atoms with E-state index in [0.717, 1.165) is 38.8 Å². The van der Waals surface area contributed by atoms with E-state index < -0.39 is 0 Å². The molecule has 64 valence electrons. The van der Waals surface area contributed by atoms with Crippen LogP contribution in [0.2, 0.25) is 0 Å². The van der Waals surface area contributed by atoms with Gasteiger partial charge in [0.05, 0.1) is 19.8 Å². The van der Waals surface area contributed by atoms with Gasteiger partial charge in [-0.05, 0) is 18.9 Å². The quantitative estimate of drug-likeness (QED) is 0.626. The van der Waals surface area contributed by atoms with E-state index in [0.29, 0.717) is 6.10 Å². The third-order valence-electron chi connectivity index (χ3n) is 2.34. The van der Waals surface area contributed by atoms with Gasteiger partial charge in [0.2, 0.25) is 0 Å². The average molecular weight is 157 g/mol. The molecule has 0 radical (unpaired) electrons. The van der Waals surface area contributed by atoms with Gasteiger partial charge in [0, 0.05) is 6.54 Å². The Morgan fingerprint density at radius 2 is 2.36 bits per heavy atom. The molecule has 2 aliphatic rings. The molecular formula is C8H15NO2. The zero-order valence-corrected chi connectivity index (χ0v) is 6.71. The van der Waals surface area contributed by atoms with Crippen LogP contribution in [0.5, 0.6) is 0 Å². The van der Waals surface area contributed by atoms with Crippen LogP contribution in [0.1, 0.15) is 6.42 Å². The first-order valence-electron chi connectivity index (χ1n) is 4.35. The van der Waals surface area contributed by atoms with E-state index in [9.17, 15) is 0 Å². The third-order valence-corrected chi connectivity index (χ3v) is 2.34. The van der Waals surface area contributed by atoms with Crippen molar-refractivity contribution in [1.29, 1.82) is 0 Å². The van der Waals surface area contributed by atoms with E-state index in [4.69, 9.17) is 9.47 Å². The Balaban J connectivity index is 1.57. The van der Waals surface area contributed by atoms with Crippen LogP contribution in [0.25, 0.3) is 0 Å². The predicted octanol–water partition coefficient (Wildman–Crippen LogP) is 0.0113. The second kappa shape index (κ2) is 3.52. The number of hydrogen-bond donors (Lipinski definition) is 1. The molecule has 1 N–H and O–H groups in total. The fourth-order valence-corrected chi connectivity index (χ4v) is 1.44. The van der Waals surface area contributed by atoms with E-state index >= 15 is 0 Å². The summed E-state index contributed by atoms with van der Waals surface area (Å²) in [5.41, 5.74) is 0. The molecule has 0 aromatic heterocycles. The highest BCUT2D eigenvalue weighted by molar-refractivity contribution is 4.72. The number of nitrogens with one attached hydrogen (secondary N) is 1. The summed E-state index contributed by atoms with van der Waals surface area (Å²) in [5.74, 6) is 0.746. The van der Waals surface area contributed by atoms with Crippen LogP contribution >= 0.6 is 0 Å². The molecule has 3 nitrogen and oxygen atoms in total. The van der Waals surface area contributed by atoms with Gasteiger partial charge in [-0.15, -0.1) is 0 Å². The van der Waals surface area contributed by atoms with Gasteiger partial charge in [0.25, 0.3) is 0 Å². The Labute approximate surface area is 67.1 Å². The molecule has 0 bridgehead atoms. The van der Waals surface area contributed by atoms with Crippen LogP contribution in [-0.4, -0.2) is 39.0 Å². The Morgan fingerprint density at radius 3 is 2.91 bits per heavy atom. The molecule has 3 heteroatoms. The minimum atomic E-state index is 0.399. The topological polar surface area (TPSA) is 30.5 Å². The van der Waals surface area contributed by atoms with Gasteiger partial charge in [-0.2, -0.15) is 0 Å². The summed E-state index contributed by atoms with van der Waals surface area (Å²) in [4.78, 5) is 0. The van der Waals surface area contributed by atoms with E-state index in [-0.39, 0.29) is 0 Å². The molecule has 1 atom stereocenters. The number of rotatable bonds is 3. The fraction of sp³-hybridized carbons (Fsp3) is 1.00. The van der Waals surface area contributed by atoms with Crippen LogP contribution in [0, 0.1) is 5.92 Å². The van der Waals surface area contributed by atoms with Crippen molar-refractivity contribution < 1.29 is 9.47 Å². The van der Waals surface area contributed by atoms with Crippen molar-refractivity contribution in [2.75, 3.05) is 32.9 Å². The Morgan fingerprint density at radius 1 is 1.45 bits per heavy atom. The van der Waals surface area contributed by atoms with E-state index in [1.807, 2.05) is 0 Å². The maximum atomic E-state index is 5.60. The maximum Gasteiger partial charge on any atom is 0.104 e. The largest absolute Gasteiger partial charge is 0.376 e. The Bertz CT molecular complexity index is 119. The van der Waals surface area contributed by atoms with E-state index in [2.05, 4.69) is 5.32 Å². The summed E-state index contributed by atoms with van der Waals surface area (Å²) in [6, 6.07) is 0. The lowest BCUT2D eigenvalue weighted by Crippen LogP contribution is -2.37. The summed E-state index contributed by atoms with van der Waals surface area (Å²) < 4.78 is 10.6. The second-order valence-electron chi connectivity index (χ2n) is 3.35. The lowest BCUT2D eigenvalue weighted by Gasteiger charge is -2.27. The summed E-state index contributed by atoms with van der Waals surface area (Å²) >= 11 is 0. The number of hydrogen-bond acceptors (Lipinski definition) is 3. The molecule has 0 amide bonds. The Hall–Kier alpha value is -0.120. The highest BCUT2D eigenvalue weighted by Crippen LogP contribution is 2.12. The smallest absolute Gasteiger partial charge is 0.104 e. The highest BCUT2D eigenvalue weighted by Gasteiger charge is 2.21. The summed E-state index contributed by atoms with van der Waals surface area (Å²) in [6.45, 7) is 4.82. The maximum absolute atomic E-state index is 5.60. The van der Waals surface area contributed by atoms with Crippen LogP contribution < -0.4 is 5.32 Å². The van der Waals surface area contributed by atoms with Gasteiger partial charge in [-0.1, -0.05) is 0 Å². The fourth-order valence-electron chi connectivity index (χ4n) is 1.44. The molecule has 0 spiro atoms. The van der Waals surface area contributed by atoms with Gasteiger partial charge in [-0.25, -0.2) is 0 Å². The molecule has 2 saturated heterocycles. The van der Waals surface area contributed by atoms with Crippen molar-refractivity contribution in [1.82, 2.24) is 5.32 Å². The molecule has 2 rings (SSSR count). The predicted molar refractivity (Wildman–Crippen MR) is 41.5 cm³/mol. The van der Waals surface area contributed by atoms with Crippen molar-refractivity contribution in [2.45, 2.75) is 12.5 Å². The van der Waals surface area contributed by atoms with Crippen LogP contribution in [0.15, 0.2) is 0 Å². The molecular weight excluding hydrogens is 142 g/mol. The van der Waals surface area contributed by atoms with Crippen LogP contribution in [-0.2, 0) is 9.47 Å². The average Bonchev–Trinajstić information content (AvgIpc) is 2.36. The first kappa shape index (κ1) is 7.53. The summed E-state index contributed by atoms with van der Waals surface area (Å²) in [5, 5.41) is 3.32. The van der Waals surface area contributed by atoms with E-state index in [1.54, 1.807) is 0 Å². The van der Waals surface area contributed by atoms with Crippen molar-refractivity contribution in [3.63, 3.8) is 0 Å². The molecule has 2 aliphatic heterocycles. The zero-order chi connectivity index (χ0) is 7.52. The lowest BCUT2D eigenvalue weighted by atomic mass is 10.1. The van der Waals surface area contributed by atoms with Gasteiger partial charge in [0.15, 0.2) is 0 Å². The second-order valence-corrected chi connectivity index (χ2v) is 3.35. The molecule has 0 aliphatic carbocycles. The SMILES string of the molecule is C1CC(COC2COC2)CN1. The standard InChI is InChI=1S/C8H15NO2/c1-2-9-3-7(1)4-11-8-5-10-6-8/h7-9H,1-6H2. The van der Waals surface area contributed by atoms with Crippen LogP contribution in [0.4, 0.5) is 0 Å². The summed E-state index contributed by atoms with van der Waals surface area (Å²) in [6.07, 6.45) is 1.67. The first-order valence-corrected chi connectivity index (χ1v) is 4.35. The minimum Gasteiger partial charge on any atom is -0.376 e. The zero-order valence-electron chi connectivity index (χ0n) is 6.71. The van der Waals surface area contributed by atoms with Gasteiger partial charge in [-0.3, -0.25) is 0 Å². The van der Waals surface area contributed by atoms with Crippen molar-refractivity contribution in [3.8, 4) is 0 Å². The van der Waals surface area contributed by atoms with Gasteiger partial charge in [0.1, 0.15) is 6.10 Å². The molecule has 11 heavy (non-hydrogen) atoms. The lowest BCUT2D eigenvalue weighted by molar-refractivity contribution is -0.135. The molecule has 1 unspecified atom stereocenters. The molecule has 0 saturated carbocycles. The molecule has 2 heterocycles. The van der Waals surface area contributed by atoms with Gasteiger partial charge >= 0.3 is 0 Å². The summed E-state index contributed by atoms with van der Waals surface area (Å²) in [7, 11) is 0. The van der Waals surface area contributed by atoms with E-state index in [1.165, 1.54) is 6.42 Å². The normalized spacial score (nSPS) is 32.2. The monoisotopic (exact) mass is 157 g/mol. The molecule has 0 aromatic rings. The van der Waals surface area contributed by atoms with Crippen molar-refractivity contribution in [3.05, 3.63) is 0 Å². The van der Waals surface area contributed by atoms with Crippen molar-refractivity contribution >= 4 is 0 Å².